The first-order valence-corrected chi connectivity index (χ1v) is 17.7. The summed E-state index contributed by atoms with van der Waals surface area (Å²) in [5, 5.41) is 1.59. The SMILES string of the molecule is CCC(=CC(Cl)(C(CC)c1nc2ccccc2o1)S(=O)(=O)O)CC1=C(c2nc3ccccc3s2)C(CC)c2cc(Cl)ccc21. The Kier molecular flexibility index (Phi) is 8.50. The maximum Gasteiger partial charge on any atom is 0.289 e. The number of oxazole rings is 1. The molecule has 0 amide bonds. The van der Waals surface area contributed by atoms with E-state index in [2.05, 4.69) is 18.0 Å². The second-order valence-electron chi connectivity index (χ2n) is 11.1. The van der Waals surface area contributed by atoms with Gasteiger partial charge in [-0.2, -0.15) is 8.42 Å². The lowest BCUT2D eigenvalue weighted by molar-refractivity contribution is 0.412. The molecule has 0 aliphatic heterocycles. The average molecular weight is 668 g/mol. The highest BCUT2D eigenvalue weighted by Crippen LogP contribution is 2.53. The van der Waals surface area contributed by atoms with Gasteiger partial charge < -0.3 is 4.42 Å². The molecule has 0 fully saturated rings. The van der Waals surface area contributed by atoms with Gasteiger partial charge in [0.25, 0.3) is 10.1 Å². The maximum absolute atomic E-state index is 13.1. The molecule has 6 nitrogen and oxygen atoms in total. The fourth-order valence-electron chi connectivity index (χ4n) is 6.29. The molecule has 6 rings (SSSR count). The van der Waals surface area contributed by atoms with Gasteiger partial charge in [0.15, 0.2) is 9.79 Å². The van der Waals surface area contributed by atoms with Crippen LogP contribution in [-0.2, 0) is 10.1 Å². The number of hydrogen-bond acceptors (Lipinski definition) is 6. The van der Waals surface area contributed by atoms with Crippen LogP contribution in [0.25, 0.3) is 32.5 Å². The molecule has 44 heavy (non-hydrogen) atoms. The van der Waals surface area contributed by atoms with Crippen LogP contribution in [0.1, 0.15) is 80.3 Å². The fraction of sp³-hybridized carbons (Fsp3) is 0.294. The molecule has 0 saturated heterocycles. The molecule has 3 unspecified atom stereocenters. The molecule has 228 valence electrons. The number of thiazole rings is 1. The van der Waals surface area contributed by atoms with Crippen molar-refractivity contribution in [2.75, 3.05) is 0 Å². The third-order valence-electron chi connectivity index (χ3n) is 8.47. The summed E-state index contributed by atoms with van der Waals surface area (Å²) in [6, 6.07) is 21.2. The van der Waals surface area contributed by atoms with Crippen LogP contribution in [0.3, 0.4) is 0 Å². The molecule has 0 radical (unpaired) electrons. The van der Waals surface area contributed by atoms with Crippen molar-refractivity contribution >= 4 is 77.1 Å². The first kappa shape index (κ1) is 31.0. The van der Waals surface area contributed by atoms with Gasteiger partial charge in [0.1, 0.15) is 10.5 Å². The minimum Gasteiger partial charge on any atom is -0.440 e. The molecule has 10 heteroatoms. The van der Waals surface area contributed by atoms with Gasteiger partial charge in [-0.25, -0.2) is 9.97 Å². The van der Waals surface area contributed by atoms with Crippen LogP contribution in [0.4, 0.5) is 0 Å². The number of aromatic nitrogens is 2. The van der Waals surface area contributed by atoms with E-state index in [1.165, 1.54) is 6.08 Å². The zero-order valence-electron chi connectivity index (χ0n) is 24.6. The summed E-state index contributed by atoms with van der Waals surface area (Å²) in [7, 11) is -4.82. The van der Waals surface area contributed by atoms with Gasteiger partial charge in [0.05, 0.1) is 16.1 Å². The van der Waals surface area contributed by atoms with Gasteiger partial charge in [-0.15, -0.1) is 11.3 Å². The van der Waals surface area contributed by atoms with Crippen LogP contribution in [0.2, 0.25) is 5.02 Å². The number of fused-ring (bicyclic) bond motifs is 3. The normalized spacial score (nSPS) is 17.8. The molecule has 2 aromatic heterocycles. The Labute approximate surface area is 271 Å². The summed E-state index contributed by atoms with van der Waals surface area (Å²) >= 11 is 15.2. The zero-order chi connectivity index (χ0) is 31.2. The van der Waals surface area contributed by atoms with Crippen molar-refractivity contribution in [2.24, 2.45) is 0 Å². The summed E-state index contributed by atoms with van der Waals surface area (Å²) in [5.41, 5.74) is 7.17. The van der Waals surface area contributed by atoms with Crippen LogP contribution in [0.15, 0.2) is 82.8 Å². The van der Waals surface area contributed by atoms with Crippen molar-refractivity contribution in [3.8, 4) is 0 Å². The number of benzene rings is 3. The Morgan fingerprint density at radius 1 is 1.07 bits per heavy atom. The smallest absolute Gasteiger partial charge is 0.289 e. The Bertz CT molecular complexity index is 1980. The number of alkyl halides is 1. The van der Waals surface area contributed by atoms with E-state index in [0.717, 1.165) is 49.5 Å². The second-order valence-corrected chi connectivity index (χ2v) is 15.0. The lowest BCUT2D eigenvalue weighted by Crippen LogP contribution is -2.37. The number of nitrogens with zero attached hydrogens (tertiary/aromatic N) is 2. The van der Waals surface area contributed by atoms with Crippen LogP contribution in [0.5, 0.6) is 0 Å². The molecule has 0 saturated carbocycles. The Hall–Kier alpha value is -3.01. The minimum absolute atomic E-state index is 0.0721. The summed E-state index contributed by atoms with van der Waals surface area (Å²) in [6.07, 6.45) is 3.53. The van der Waals surface area contributed by atoms with E-state index in [-0.39, 0.29) is 18.2 Å². The van der Waals surface area contributed by atoms with Crippen molar-refractivity contribution in [3.05, 3.63) is 105 Å². The maximum atomic E-state index is 13.1. The van der Waals surface area contributed by atoms with Crippen LogP contribution in [-0.4, -0.2) is 27.1 Å². The van der Waals surface area contributed by atoms with E-state index in [1.54, 1.807) is 30.4 Å². The number of para-hydroxylation sites is 3. The standard InChI is InChI=1S/C34H32Cl2N2O4S2/c1-4-20(19-34(36,44(39,40)41)26(6-3)32-37-27-11-7-9-13-29(27)42-32)17-25-23-16-15-21(35)18-24(23)22(5-2)31(25)33-38-28-12-8-10-14-30(28)43-33/h7-16,18-19,22,26H,4-6,17H2,1-3H3,(H,39,40,41). The summed E-state index contributed by atoms with van der Waals surface area (Å²) in [4.78, 5) is 9.57. The average Bonchev–Trinajstić information content (AvgIpc) is 3.69. The van der Waals surface area contributed by atoms with Gasteiger partial charge in [-0.1, -0.05) is 79.9 Å². The number of allylic oxidation sites excluding steroid dienone is 3. The van der Waals surface area contributed by atoms with Crippen molar-refractivity contribution < 1.29 is 17.4 Å². The van der Waals surface area contributed by atoms with E-state index < -0.39 is 20.2 Å². The molecule has 0 bridgehead atoms. The Balaban J connectivity index is 1.51. The van der Waals surface area contributed by atoms with Crippen LogP contribution >= 0.6 is 34.5 Å². The van der Waals surface area contributed by atoms with Gasteiger partial charge in [0.2, 0.25) is 5.89 Å². The lowest BCUT2D eigenvalue weighted by atomic mass is 9.92. The zero-order valence-corrected chi connectivity index (χ0v) is 27.7. The first-order valence-electron chi connectivity index (χ1n) is 14.7. The van der Waals surface area contributed by atoms with Crippen molar-refractivity contribution in [1.82, 2.24) is 9.97 Å². The first-order chi connectivity index (χ1) is 21.1. The lowest BCUT2D eigenvalue weighted by Gasteiger charge is -2.28. The molecule has 1 aliphatic carbocycles. The van der Waals surface area contributed by atoms with E-state index >= 15 is 0 Å². The van der Waals surface area contributed by atoms with E-state index in [4.69, 9.17) is 32.6 Å². The monoisotopic (exact) mass is 666 g/mol. The summed E-state index contributed by atoms with van der Waals surface area (Å²) < 4.78 is 41.8. The van der Waals surface area contributed by atoms with Gasteiger partial charge in [-0.05, 0) is 90.4 Å². The quantitative estimate of drug-likeness (QED) is 0.0905. The highest BCUT2D eigenvalue weighted by molar-refractivity contribution is 7.89. The fourth-order valence-corrected chi connectivity index (χ4v) is 8.90. The molecule has 3 aromatic carbocycles. The molecule has 0 spiro atoms. The van der Waals surface area contributed by atoms with Crippen LogP contribution in [0, 0.1) is 0 Å². The number of hydrogen-bond donors (Lipinski definition) is 1. The molecule has 3 atom stereocenters. The molecular weight excluding hydrogens is 635 g/mol. The largest absolute Gasteiger partial charge is 0.440 e. The predicted molar refractivity (Wildman–Crippen MR) is 181 cm³/mol. The van der Waals surface area contributed by atoms with Crippen molar-refractivity contribution in [3.63, 3.8) is 0 Å². The molecule has 5 aromatic rings. The highest BCUT2D eigenvalue weighted by atomic mass is 35.5. The van der Waals surface area contributed by atoms with Crippen molar-refractivity contribution in [1.29, 1.82) is 0 Å². The van der Waals surface area contributed by atoms with E-state index in [9.17, 15) is 13.0 Å². The van der Waals surface area contributed by atoms with Crippen LogP contribution < -0.4 is 0 Å². The van der Waals surface area contributed by atoms with E-state index in [0.29, 0.717) is 29.0 Å². The number of halogens is 2. The molecule has 1 N–H and O–H groups in total. The van der Waals surface area contributed by atoms with Crippen molar-refractivity contribution in [2.45, 2.75) is 62.5 Å². The van der Waals surface area contributed by atoms with Gasteiger partial charge >= 0.3 is 0 Å². The van der Waals surface area contributed by atoms with Gasteiger partial charge in [0, 0.05) is 10.9 Å². The summed E-state index contributed by atoms with van der Waals surface area (Å²) in [6.45, 7) is 5.91. The third kappa shape index (κ3) is 5.41. The minimum atomic E-state index is -4.82. The third-order valence-corrected chi connectivity index (χ3v) is 11.9. The predicted octanol–water partition coefficient (Wildman–Crippen LogP) is 10.3. The Morgan fingerprint density at radius 2 is 1.80 bits per heavy atom. The number of rotatable bonds is 10. The van der Waals surface area contributed by atoms with Gasteiger partial charge in [-0.3, -0.25) is 4.55 Å². The topological polar surface area (TPSA) is 93.3 Å². The summed E-state index contributed by atoms with van der Waals surface area (Å²) in [5.74, 6) is -0.707. The second kappa shape index (κ2) is 12.1. The highest BCUT2D eigenvalue weighted by Gasteiger charge is 2.49. The molecule has 1 aliphatic rings. The van der Waals surface area contributed by atoms with E-state index in [1.807, 2.05) is 55.5 Å². The molecule has 2 heterocycles. The Morgan fingerprint density at radius 3 is 2.45 bits per heavy atom. The molecular formula is C34H32Cl2N2O4S2.